The van der Waals surface area contributed by atoms with Crippen LogP contribution in [0.3, 0.4) is 0 Å². The number of fused-ring (bicyclic) bond motifs is 1. The van der Waals surface area contributed by atoms with Gasteiger partial charge in [0.25, 0.3) is 0 Å². The van der Waals surface area contributed by atoms with Crippen molar-refractivity contribution >= 4 is 10.8 Å². The number of hydrogen-bond acceptors (Lipinski definition) is 3. The summed E-state index contributed by atoms with van der Waals surface area (Å²) in [6, 6.07) is 20.1. The fourth-order valence-corrected chi connectivity index (χ4v) is 2.54. The predicted molar refractivity (Wildman–Crippen MR) is 101 cm³/mol. The van der Waals surface area contributed by atoms with E-state index in [9.17, 15) is 0 Å². The summed E-state index contributed by atoms with van der Waals surface area (Å²) in [6.07, 6.45) is 3.07. The van der Waals surface area contributed by atoms with Crippen LogP contribution >= 0.6 is 0 Å². The zero-order valence-electron chi connectivity index (χ0n) is 15.2. The molecule has 0 fully saturated rings. The van der Waals surface area contributed by atoms with Crippen LogP contribution in [0.4, 0.5) is 0 Å². The molecule has 4 heteroatoms. The smallest absolute Gasteiger partial charge is 0.0319 e. The Bertz CT molecular complexity index is 722. The Balaban J connectivity index is 0.00000108. The van der Waals surface area contributed by atoms with Crippen molar-refractivity contribution in [1.29, 1.82) is 0 Å². The second-order valence-corrected chi connectivity index (χ2v) is 5.59. The summed E-state index contributed by atoms with van der Waals surface area (Å²) >= 11 is 0. The minimum Gasteiger partial charge on any atom is -0.400 e. The largest absolute Gasteiger partial charge is 0.400 e. The van der Waals surface area contributed by atoms with E-state index in [1.165, 1.54) is 16.3 Å². The molecule has 3 aromatic rings. The van der Waals surface area contributed by atoms with Gasteiger partial charge in [0.15, 0.2) is 0 Å². The molecule has 0 aliphatic rings. The normalized spacial score (nSPS) is 9.40. The van der Waals surface area contributed by atoms with E-state index in [1.807, 2.05) is 12.3 Å². The van der Waals surface area contributed by atoms with Crippen LogP contribution in [0.25, 0.3) is 22.0 Å². The molecule has 0 atom stereocenters. The molecule has 1 radical (unpaired) electrons. The summed E-state index contributed by atoms with van der Waals surface area (Å²) in [6.45, 7) is 4.46. The van der Waals surface area contributed by atoms with Crippen molar-refractivity contribution in [1.82, 2.24) is 4.98 Å². The number of aromatic nitrogens is 1. The SMILES string of the molecule is CC(C)Cc1ccc(-c2[c-]ccc3ccccc23)nc1.CO.CO.[Ir]. The molecule has 1 heterocycles. The first-order chi connectivity index (χ1) is 11.7. The monoisotopic (exact) mass is 517 g/mol. The third-order valence-electron chi connectivity index (χ3n) is 3.45. The van der Waals surface area contributed by atoms with Gasteiger partial charge in [0.05, 0.1) is 0 Å². The molecule has 3 rings (SSSR count). The van der Waals surface area contributed by atoms with Crippen molar-refractivity contribution in [3.63, 3.8) is 0 Å². The molecule has 0 unspecified atom stereocenters. The van der Waals surface area contributed by atoms with E-state index in [4.69, 9.17) is 10.2 Å². The van der Waals surface area contributed by atoms with E-state index in [-0.39, 0.29) is 20.1 Å². The molecule has 0 aliphatic carbocycles. The molecule has 2 N–H and O–H groups in total. The van der Waals surface area contributed by atoms with Gasteiger partial charge in [0, 0.05) is 40.5 Å². The molecule has 137 valence electrons. The summed E-state index contributed by atoms with van der Waals surface area (Å²) < 4.78 is 0. The summed E-state index contributed by atoms with van der Waals surface area (Å²) in [5, 5.41) is 16.4. The van der Waals surface area contributed by atoms with Crippen molar-refractivity contribution < 1.29 is 30.3 Å². The van der Waals surface area contributed by atoms with Gasteiger partial charge >= 0.3 is 0 Å². The summed E-state index contributed by atoms with van der Waals surface area (Å²) in [5.74, 6) is 0.659. The quantitative estimate of drug-likeness (QED) is 0.515. The zero-order valence-corrected chi connectivity index (χ0v) is 17.6. The molecule has 3 nitrogen and oxygen atoms in total. The Hall–Kier alpha value is -1.58. The Kier molecular flexibility index (Phi) is 11.9. The van der Waals surface area contributed by atoms with Crippen LogP contribution in [0.5, 0.6) is 0 Å². The molecule has 25 heavy (non-hydrogen) atoms. The average Bonchev–Trinajstić information content (AvgIpc) is 2.65. The third-order valence-corrected chi connectivity index (χ3v) is 3.45. The van der Waals surface area contributed by atoms with Gasteiger partial charge in [0.1, 0.15) is 0 Å². The molecule has 0 aliphatic heterocycles. The van der Waals surface area contributed by atoms with Gasteiger partial charge in [-0.15, -0.1) is 29.1 Å². The number of aliphatic hydroxyl groups excluding tert-OH is 2. The molecule has 0 saturated heterocycles. The Morgan fingerprint density at radius 1 is 0.960 bits per heavy atom. The van der Waals surface area contributed by atoms with E-state index >= 15 is 0 Å². The molecule has 0 bridgehead atoms. The topological polar surface area (TPSA) is 53.4 Å². The van der Waals surface area contributed by atoms with Crippen molar-refractivity contribution in [2.45, 2.75) is 20.3 Å². The van der Waals surface area contributed by atoms with E-state index in [2.05, 4.69) is 67.4 Å². The predicted octanol–water partition coefficient (Wildman–Crippen LogP) is 4.11. The Morgan fingerprint density at radius 3 is 2.24 bits per heavy atom. The van der Waals surface area contributed by atoms with Crippen LogP contribution in [0.15, 0.2) is 54.7 Å². The molecule has 2 aromatic carbocycles. The van der Waals surface area contributed by atoms with E-state index in [0.29, 0.717) is 5.92 Å². The third kappa shape index (κ3) is 6.68. The van der Waals surface area contributed by atoms with Gasteiger partial charge in [-0.25, -0.2) is 0 Å². The number of benzene rings is 2. The first-order valence-electron chi connectivity index (χ1n) is 7.98. The van der Waals surface area contributed by atoms with Crippen LogP contribution < -0.4 is 0 Å². The van der Waals surface area contributed by atoms with Crippen LogP contribution in [-0.2, 0) is 26.5 Å². The van der Waals surface area contributed by atoms with Crippen molar-refractivity contribution in [2.75, 3.05) is 14.2 Å². The van der Waals surface area contributed by atoms with Gasteiger partial charge in [-0.05, 0) is 23.6 Å². The fourth-order valence-electron chi connectivity index (χ4n) is 2.54. The average molecular weight is 517 g/mol. The zero-order chi connectivity index (χ0) is 17.9. The van der Waals surface area contributed by atoms with Gasteiger partial charge in [-0.2, -0.15) is 0 Å². The van der Waals surface area contributed by atoms with Gasteiger partial charge in [-0.3, -0.25) is 0 Å². The molecular weight excluding hydrogens is 490 g/mol. The standard InChI is InChI=1S/C19H18N.2CH4O.Ir/c1-14(2)12-15-10-11-19(20-13-15)18-9-5-7-16-6-3-4-8-17(16)18;2*1-2;/h3-8,10-11,13-14H,12H2,1-2H3;2*2H,1H3;/q-1;;;. The maximum absolute atomic E-state index is 7.00. The number of nitrogens with zero attached hydrogens (tertiary/aromatic N) is 1. The molecule has 0 spiro atoms. The fraction of sp³-hybridized carbons (Fsp3) is 0.286. The number of rotatable bonds is 3. The molecule has 1 aromatic heterocycles. The second kappa shape index (κ2) is 12.7. The first-order valence-corrected chi connectivity index (χ1v) is 7.98. The first kappa shape index (κ1) is 23.4. The van der Waals surface area contributed by atoms with Crippen LogP contribution in [0.2, 0.25) is 0 Å². The Morgan fingerprint density at radius 2 is 1.64 bits per heavy atom. The van der Waals surface area contributed by atoms with Gasteiger partial charge in [0.2, 0.25) is 0 Å². The van der Waals surface area contributed by atoms with E-state index < -0.39 is 0 Å². The molecule has 0 amide bonds. The van der Waals surface area contributed by atoms with Crippen LogP contribution in [0.1, 0.15) is 19.4 Å². The minimum absolute atomic E-state index is 0. The summed E-state index contributed by atoms with van der Waals surface area (Å²) in [4.78, 5) is 4.62. The summed E-state index contributed by atoms with van der Waals surface area (Å²) in [7, 11) is 2.00. The van der Waals surface area contributed by atoms with Gasteiger partial charge in [-0.1, -0.05) is 55.6 Å². The number of aliphatic hydroxyl groups is 2. The maximum Gasteiger partial charge on any atom is 0.0319 e. The Labute approximate surface area is 164 Å². The van der Waals surface area contributed by atoms with E-state index in [1.54, 1.807) is 0 Å². The van der Waals surface area contributed by atoms with E-state index in [0.717, 1.165) is 31.9 Å². The maximum atomic E-state index is 7.00. The summed E-state index contributed by atoms with van der Waals surface area (Å²) in [5.41, 5.74) is 3.37. The van der Waals surface area contributed by atoms with Crippen molar-refractivity contribution in [2.24, 2.45) is 5.92 Å². The van der Waals surface area contributed by atoms with Crippen LogP contribution in [-0.4, -0.2) is 29.4 Å². The van der Waals surface area contributed by atoms with Crippen molar-refractivity contribution in [3.8, 4) is 11.3 Å². The van der Waals surface area contributed by atoms with Gasteiger partial charge < -0.3 is 15.2 Å². The minimum atomic E-state index is 0. The number of hydrogen-bond donors (Lipinski definition) is 2. The molecular formula is C21H26IrNO2-. The number of pyridine rings is 1. The van der Waals surface area contributed by atoms with Crippen LogP contribution in [0, 0.1) is 12.0 Å². The van der Waals surface area contributed by atoms with Crippen molar-refractivity contribution in [3.05, 3.63) is 66.4 Å². The molecule has 0 saturated carbocycles. The second-order valence-electron chi connectivity index (χ2n) is 5.59.